The average Bonchev–Trinajstić information content (AvgIpc) is 3.37. The minimum absolute atomic E-state index is 0.0979. The molecule has 0 aliphatic carbocycles. The van der Waals surface area contributed by atoms with E-state index < -0.39 is 34.8 Å². The van der Waals surface area contributed by atoms with Crippen LogP contribution in [-0.2, 0) is 14.4 Å². The molecule has 10 nitrogen and oxygen atoms in total. The molecule has 1 N–H and O–H groups in total. The molecule has 2 amide bonds. The van der Waals surface area contributed by atoms with Gasteiger partial charge in [0.15, 0.2) is 17.6 Å². The molecule has 5 rings (SSSR count). The number of rotatable bonds is 5. The van der Waals surface area contributed by atoms with Gasteiger partial charge < -0.3 is 9.84 Å². The van der Waals surface area contributed by atoms with Crippen molar-refractivity contribution in [3.63, 3.8) is 0 Å². The number of aromatic hydroxyl groups is 1. The van der Waals surface area contributed by atoms with Gasteiger partial charge in [0.2, 0.25) is 5.91 Å². The van der Waals surface area contributed by atoms with Crippen molar-refractivity contribution in [3.05, 3.63) is 86.9 Å². The van der Waals surface area contributed by atoms with Crippen LogP contribution in [0, 0.1) is 16.0 Å². The van der Waals surface area contributed by atoms with Crippen molar-refractivity contribution in [2.45, 2.75) is 12.1 Å². The number of hydroxylamine groups is 1. The third kappa shape index (κ3) is 3.69. The number of nitrogens with zero attached hydrogens (tertiary/aromatic N) is 3. The lowest BCUT2D eigenvalue weighted by Crippen LogP contribution is -2.37. The Balaban J connectivity index is 1.59. The predicted molar refractivity (Wildman–Crippen MR) is 128 cm³/mol. The SMILES string of the molecule is COc1cc([C@@H]2[C@@H]3C(=O)N(c4ccc([N+](=O)[O-])cc4)C(=O)[C@H]3ON2c2ccccc2)cc(Br)c1O. The Hall–Kier alpha value is -3.96. The minimum Gasteiger partial charge on any atom is -0.503 e. The highest BCUT2D eigenvalue weighted by Crippen LogP contribution is 2.49. The fraction of sp³-hybridized carbons (Fsp3) is 0.167. The number of hydrogen-bond acceptors (Lipinski definition) is 8. The molecule has 2 aliphatic heterocycles. The number of para-hydroxylation sites is 1. The van der Waals surface area contributed by atoms with Crippen LogP contribution >= 0.6 is 15.9 Å². The van der Waals surface area contributed by atoms with E-state index in [9.17, 15) is 24.8 Å². The van der Waals surface area contributed by atoms with Gasteiger partial charge in [-0.2, -0.15) is 0 Å². The fourth-order valence-corrected chi connectivity index (χ4v) is 4.91. The van der Waals surface area contributed by atoms with E-state index in [0.29, 0.717) is 15.7 Å². The summed E-state index contributed by atoms with van der Waals surface area (Å²) in [6.07, 6.45) is -1.11. The lowest BCUT2D eigenvalue weighted by molar-refractivity contribution is -0.384. The molecule has 2 saturated heterocycles. The number of hydrogen-bond donors (Lipinski definition) is 1. The topological polar surface area (TPSA) is 122 Å². The van der Waals surface area contributed by atoms with Crippen LogP contribution < -0.4 is 14.7 Å². The number of benzene rings is 3. The van der Waals surface area contributed by atoms with E-state index in [1.165, 1.54) is 36.4 Å². The number of anilines is 2. The molecule has 0 radical (unpaired) electrons. The number of carbonyl (C=O) groups is 2. The lowest BCUT2D eigenvalue weighted by Gasteiger charge is -2.29. The van der Waals surface area contributed by atoms with Gasteiger partial charge in [-0.3, -0.25) is 24.5 Å². The normalized spacial score (nSPS) is 21.4. The van der Waals surface area contributed by atoms with E-state index in [-0.39, 0.29) is 22.9 Å². The first-order chi connectivity index (χ1) is 16.8. The molecule has 2 aliphatic rings. The Morgan fingerprint density at radius 1 is 1.03 bits per heavy atom. The molecule has 3 aromatic rings. The molecule has 0 unspecified atom stereocenters. The number of nitro benzene ring substituents is 1. The number of nitro groups is 1. The van der Waals surface area contributed by atoms with E-state index in [1.54, 1.807) is 24.3 Å². The number of ether oxygens (including phenoxy) is 1. The van der Waals surface area contributed by atoms with Crippen molar-refractivity contribution in [3.8, 4) is 11.5 Å². The maximum atomic E-state index is 13.7. The third-order valence-electron chi connectivity index (χ3n) is 6.06. The molecule has 3 aromatic carbocycles. The van der Waals surface area contributed by atoms with E-state index in [1.807, 2.05) is 18.2 Å². The smallest absolute Gasteiger partial charge is 0.269 e. The summed E-state index contributed by atoms with van der Waals surface area (Å²) in [6, 6.07) is 16.8. The van der Waals surface area contributed by atoms with Gasteiger partial charge in [-0.25, -0.2) is 9.96 Å². The Morgan fingerprint density at radius 3 is 2.34 bits per heavy atom. The lowest BCUT2D eigenvalue weighted by atomic mass is 9.90. The molecule has 0 saturated carbocycles. The van der Waals surface area contributed by atoms with E-state index in [4.69, 9.17) is 9.57 Å². The van der Waals surface area contributed by atoms with Crippen LogP contribution in [-0.4, -0.2) is 35.1 Å². The van der Waals surface area contributed by atoms with Crippen molar-refractivity contribution in [2.24, 2.45) is 5.92 Å². The van der Waals surface area contributed by atoms with Crippen LogP contribution in [0.15, 0.2) is 71.2 Å². The first-order valence-electron chi connectivity index (χ1n) is 10.5. The van der Waals surface area contributed by atoms with Crippen molar-refractivity contribution in [1.82, 2.24) is 0 Å². The first-order valence-corrected chi connectivity index (χ1v) is 11.3. The zero-order valence-electron chi connectivity index (χ0n) is 18.2. The molecule has 11 heteroatoms. The number of fused-ring (bicyclic) bond motifs is 1. The molecule has 0 aromatic heterocycles. The number of methoxy groups -OCH3 is 1. The van der Waals surface area contributed by atoms with Gasteiger partial charge >= 0.3 is 0 Å². The Bertz CT molecular complexity index is 1330. The second-order valence-electron chi connectivity index (χ2n) is 8.00. The summed E-state index contributed by atoms with van der Waals surface area (Å²) in [5.74, 6) is -1.89. The van der Waals surface area contributed by atoms with Gasteiger partial charge in [-0.15, -0.1) is 0 Å². The van der Waals surface area contributed by atoms with Gasteiger partial charge in [0.05, 0.1) is 33.9 Å². The summed E-state index contributed by atoms with van der Waals surface area (Å²) in [5, 5.41) is 22.8. The largest absolute Gasteiger partial charge is 0.503 e. The molecule has 2 heterocycles. The summed E-state index contributed by atoms with van der Waals surface area (Å²) in [4.78, 5) is 44.5. The van der Waals surface area contributed by atoms with E-state index >= 15 is 0 Å². The van der Waals surface area contributed by atoms with Crippen molar-refractivity contribution in [1.29, 1.82) is 0 Å². The summed E-state index contributed by atoms with van der Waals surface area (Å²) in [7, 11) is 1.41. The van der Waals surface area contributed by atoms with Gasteiger partial charge in [0.1, 0.15) is 5.92 Å². The zero-order valence-corrected chi connectivity index (χ0v) is 19.8. The quantitative estimate of drug-likeness (QED) is 0.291. The summed E-state index contributed by atoms with van der Waals surface area (Å²) in [5.41, 5.74) is 1.28. The number of imide groups is 1. The van der Waals surface area contributed by atoms with E-state index in [0.717, 1.165) is 4.90 Å². The monoisotopic (exact) mass is 539 g/mol. The predicted octanol–water partition coefficient (Wildman–Crippen LogP) is 4.12. The number of halogens is 1. The third-order valence-corrected chi connectivity index (χ3v) is 6.66. The van der Waals surface area contributed by atoms with Gasteiger partial charge in [0.25, 0.3) is 11.6 Å². The number of non-ortho nitro benzene ring substituents is 1. The molecular weight excluding hydrogens is 522 g/mol. The highest BCUT2D eigenvalue weighted by atomic mass is 79.9. The zero-order chi connectivity index (χ0) is 24.9. The second-order valence-corrected chi connectivity index (χ2v) is 8.85. The molecule has 2 fully saturated rings. The highest BCUT2D eigenvalue weighted by Gasteiger charge is 2.60. The fourth-order valence-electron chi connectivity index (χ4n) is 4.45. The van der Waals surface area contributed by atoms with Crippen LogP contribution in [0.3, 0.4) is 0 Å². The number of carbonyl (C=O) groups excluding carboxylic acids is 2. The van der Waals surface area contributed by atoms with Gasteiger partial charge in [-0.1, -0.05) is 18.2 Å². The van der Waals surface area contributed by atoms with Crippen LogP contribution in [0.25, 0.3) is 0 Å². The Kier molecular flexibility index (Phi) is 5.65. The van der Waals surface area contributed by atoms with Crippen LogP contribution in [0.1, 0.15) is 11.6 Å². The molecule has 0 spiro atoms. The molecule has 35 heavy (non-hydrogen) atoms. The summed E-state index contributed by atoms with van der Waals surface area (Å²) >= 11 is 3.32. The molecule has 3 atom stereocenters. The molecule has 178 valence electrons. The Morgan fingerprint density at radius 2 is 1.71 bits per heavy atom. The van der Waals surface area contributed by atoms with Crippen LogP contribution in [0.5, 0.6) is 11.5 Å². The summed E-state index contributed by atoms with van der Waals surface area (Å²) in [6.45, 7) is 0. The maximum Gasteiger partial charge on any atom is 0.269 e. The van der Waals surface area contributed by atoms with Gasteiger partial charge in [0, 0.05) is 12.1 Å². The van der Waals surface area contributed by atoms with Crippen molar-refractivity contribution in [2.75, 3.05) is 17.1 Å². The number of phenolic OH excluding ortho intramolecular Hbond substituents is 1. The number of amides is 2. The van der Waals surface area contributed by atoms with Crippen molar-refractivity contribution < 1.29 is 29.2 Å². The highest BCUT2D eigenvalue weighted by molar-refractivity contribution is 9.10. The van der Waals surface area contributed by atoms with Crippen LogP contribution in [0.2, 0.25) is 0 Å². The standard InChI is InChI=1S/C24H18BrN3O7/c1-34-18-12-13(11-17(25)21(18)29)20-19-22(35-27(20)15-5-3-2-4-6-15)24(31)26(23(19)30)14-7-9-16(10-8-14)28(32)33/h2-12,19-20,22,29H,1H3/t19-,20+,22-/m0/s1. The molecular formula is C24H18BrN3O7. The van der Waals surface area contributed by atoms with E-state index in [2.05, 4.69) is 15.9 Å². The Labute approximate surface area is 207 Å². The summed E-state index contributed by atoms with van der Waals surface area (Å²) < 4.78 is 5.64. The van der Waals surface area contributed by atoms with Crippen molar-refractivity contribution >= 4 is 44.8 Å². The maximum absolute atomic E-state index is 13.7. The minimum atomic E-state index is -1.11. The number of phenols is 1. The second kappa shape index (κ2) is 8.67. The molecule has 0 bridgehead atoms. The average molecular weight is 540 g/mol. The van der Waals surface area contributed by atoms with Gasteiger partial charge in [-0.05, 0) is 57.9 Å². The first kappa shape index (κ1) is 22.8. The van der Waals surface area contributed by atoms with Crippen LogP contribution in [0.4, 0.5) is 17.1 Å².